The molecule has 0 fully saturated rings. The number of nitro benzene ring substituents is 1. The van der Waals surface area contributed by atoms with Gasteiger partial charge in [-0.05, 0) is 42.0 Å². The molecule has 0 atom stereocenters. The normalized spacial score (nSPS) is 10.9. The van der Waals surface area contributed by atoms with Crippen LogP contribution in [0, 0.1) is 10.1 Å². The molecule has 9 nitrogen and oxygen atoms in total. The number of esters is 1. The number of hydrogen-bond donors (Lipinski definition) is 1. The molecule has 0 aliphatic rings. The van der Waals surface area contributed by atoms with Gasteiger partial charge in [-0.1, -0.05) is 24.3 Å². The van der Waals surface area contributed by atoms with Gasteiger partial charge in [0.05, 0.1) is 23.4 Å². The lowest BCUT2D eigenvalue weighted by atomic mass is 10.1. The summed E-state index contributed by atoms with van der Waals surface area (Å²) in [7, 11) is 1.27. The number of carbonyl (C=O) groups excluding carboxylic acids is 1. The molecule has 0 aliphatic heterocycles. The van der Waals surface area contributed by atoms with E-state index in [4.69, 9.17) is 5.10 Å². The smallest absolute Gasteiger partial charge is 0.330 e. The highest BCUT2D eigenvalue weighted by molar-refractivity contribution is 5.87. The van der Waals surface area contributed by atoms with Crippen molar-refractivity contribution in [3.63, 3.8) is 0 Å². The Kier molecular flexibility index (Phi) is 6.73. The average Bonchev–Trinajstić information content (AvgIpc) is 3.31. The fourth-order valence-corrected chi connectivity index (χ4v) is 3.38. The van der Waals surface area contributed by atoms with Crippen LogP contribution in [0.5, 0.6) is 0 Å². The van der Waals surface area contributed by atoms with Crippen LogP contribution in [0.1, 0.15) is 11.1 Å². The average molecular weight is 455 g/mol. The first kappa shape index (κ1) is 22.4. The fourth-order valence-electron chi connectivity index (χ4n) is 3.38. The third kappa shape index (κ3) is 5.16. The molecule has 2 aromatic carbocycles. The molecule has 4 rings (SSSR count). The second-order valence-corrected chi connectivity index (χ2v) is 7.26. The maximum atomic E-state index is 11.7. The van der Waals surface area contributed by atoms with E-state index in [9.17, 15) is 14.9 Å². The molecule has 9 heteroatoms. The number of benzene rings is 2. The van der Waals surface area contributed by atoms with Crippen molar-refractivity contribution in [3.8, 4) is 16.9 Å². The van der Waals surface area contributed by atoms with Gasteiger partial charge in [-0.2, -0.15) is 5.10 Å². The largest absolute Gasteiger partial charge is 0.466 e. The zero-order valence-corrected chi connectivity index (χ0v) is 18.3. The summed E-state index contributed by atoms with van der Waals surface area (Å²) in [5, 5.41) is 19.6. The van der Waals surface area contributed by atoms with E-state index in [0.717, 1.165) is 22.5 Å². The van der Waals surface area contributed by atoms with Crippen molar-refractivity contribution < 1.29 is 14.5 Å². The Bertz CT molecular complexity index is 1330. The highest BCUT2D eigenvalue weighted by Gasteiger charge is 2.17. The zero-order chi connectivity index (χ0) is 23.9. The van der Waals surface area contributed by atoms with Crippen LogP contribution in [0.15, 0.2) is 85.3 Å². The Hall–Kier alpha value is -4.79. The highest BCUT2D eigenvalue weighted by atomic mass is 16.6. The summed E-state index contributed by atoms with van der Waals surface area (Å²) >= 11 is 0. The van der Waals surface area contributed by atoms with E-state index in [-0.39, 0.29) is 5.69 Å². The first-order valence-electron chi connectivity index (χ1n) is 10.4. The summed E-state index contributed by atoms with van der Waals surface area (Å²) in [4.78, 5) is 26.6. The number of rotatable bonds is 8. The molecular formula is C25H21N5O4. The molecule has 1 N–H and O–H groups in total. The van der Waals surface area contributed by atoms with E-state index in [2.05, 4.69) is 15.0 Å². The van der Waals surface area contributed by atoms with Gasteiger partial charge < -0.3 is 10.1 Å². The van der Waals surface area contributed by atoms with Crippen molar-refractivity contribution in [2.75, 3.05) is 12.4 Å². The van der Waals surface area contributed by atoms with Crippen molar-refractivity contribution in [1.82, 2.24) is 14.8 Å². The lowest BCUT2D eigenvalue weighted by molar-refractivity contribution is -0.384. The molecule has 2 aromatic heterocycles. The summed E-state index contributed by atoms with van der Waals surface area (Å²) in [5.74, 6) is -0.538. The van der Waals surface area contributed by atoms with Crippen LogP contribution in [0.2, 0.25) is 0 Å². The minimum atomic E-state index is -0.538. The number of methoxy groups -OCH3 is 1. The Balaban J connectivity index is 1.64. The van der Waals surface area contributed by atoms with Gasteiger partial charge in [-0.3, -0.25) is 15.1 Å². The first-order valence-corrected chi connectivity index (χ1v) is 10.4. The predicted molar refractivity (Wildman–Crippen MR) is 128 cm³/mol. The van der Waals surface area contributed by atoms with Gasteiger partial charge in [-0.15, -0.1) is 0 Å². The predicted octanol–water partition coefficient (Wildman–Crippen LogP) is 4.64. The second-order valence-electron chi connectivity index (χ2n) is 7.26. The molecule has 0 bridgehead atoms. The van der Waals surface area contributed by atoms with E-state index >= 15 is 0 Å². The van der Waals surface area contributed by atoms with Gasteiger partial charge in [-0.25, -0.2) is 9.48 Å². The zero-order valence-electron chi connectivity index (χ0n) is 18.3. The molecule has 0 saturated heterocycles. The summed E-state index contributed by atoms with van der Waals surface area (Å²) in [6.07, 6.45) is 7.97. The lowest BCUT2D eigenvalue weighted by Gasteiger charge is -2.08. The van der Waals surface area contributed by atoms with Crippen LogP contribution in [-0.4, -0.2) is 32.8 Å². The third-order valence-corrected chi connectivity index (χ3v) is 5.07. The Morgan fingerprint density at radius 2 is 1.91 bits per heavy atom. The number of pyridine rings is 1. The Morgan fingerprint density at radius 3 is 2.62 bits per heavy atom. The number of carbonyl (C=O) groups is 1. The standard InChI is InChI=1S/C25H21N5O4/c1-34-24(31)10-8-18-7-9-22(23(15-18)30(32)33)27-16-20-17-29(21-5-3-2-4-6-21)28-25(20)19-11-13-26-14-12-19/h2-15,17,27H,16H2,1H3/b10-8+. The molecule has 2 heterocycles. The minimum Gasteiger partial charge on any atom is -0.466 e. The van der Waals surface area contributed by atoms with Crippen molar-refractivity contribution in [2.24, 2.45) is 0 Å². The monoisotopic (exact) mass is 455 g/mol. The number of para-hydroxylation sites is 1. The number of aromatic nitrogens is 3. The number of nitrogens with one attached hydrogen (secondary N) is 1. The number of nitrogens with zero attached hydrogens (tertiary/aromatic N) is 4. The van der Waals surface area contributed by atoms with Gasteiger partial charge in [0, 0.05) is 48.4 Å². The van der Waals surface area contributed by atoms with E-state index in [1.165, 1.54) is 25.3 Å². The summed E-state index contributed by atoms with van der Waals surface area (Å²) < 4.78 is 6.34. The molecule has 0 amide bonds. The molecule has 0 unspecified atom stereocenters. The Morgan fingerprint density at radius 1 is 1.15 bits per heavy atom. The number of nitro groups is 1. The van der Waals surface area contributed by atoms with E-state index in [1.54, 1.807) is 29.2 Å². The molecule has 0 aliphatic carbocycles. The highest BCUT2D eigenvalue weighted by Crippen LogP contribution is 2.29. The molecule has 0 saturated carbocycles. The van der Waals surface area contributed by atoms with E-state index in [1.807, 2.05) is 48.7 Å². The van der Waals surface area contributed by atoms with Crippen LogP contribution in [0.3, 0.4) is 0 Å². The van der Waals surface area contributed by atoms with Crippen molar-refractivity contribution in [2.45, 2.75) is 6.54 Å². The van der Waals surface area contributed by atoms with Gasteiger partial charge >= 0.3 is 5.97 Å². The van der Waals surface area contributed by atoms with Crippen LogP contribution in [-0.2, 0) is 16.1 Å². The molecule has 4 aromatic rings. The number of hydrogen-bond acceptors (Lipinski definition) is 7. The molecule has 34 heavy (non-hydrogen) atoms. The van der Waals surface area contributed by atoms with Crippen LogP contribution in [0.4, 0.5) is 11.4 Å². The van der Waals surface area contributed by atoms with E-state index in [0.29, 0.717) is 17.8 Å². The number of anilines is 1. The van der Waals surface area contributed by atoms with E-state index < -0.39 is 10.9 Å². The minimum absolute atomic E-state index is 0.104. The van der Waals surface area contributed by atoms with Crippen molar-refractivity contribution in [1.29, 1.82) is 0 Å². The van der Waals surface area contributed by atoms with Crippen LogP contribution >= 0.6 is 0 Å². The quantitative estimate of drug-likeness (QED) is 0.178. The first-order chi connectivity index (χ1) is 16.5. The van der Waals surface area contributed by atoms with Crippen LogP contribution < -0.4 is 5.32 Å². The summed E-state index contributed by atoms with van der Waals surface area (Å²) in [5.41, 5.74) is 4.16. The molecule has 170 valence electrons. The molecule has 0 radical (unpaired) electrons. The molecular weight excluding hydrogens is 434 g/mol. The van der Waals surface area contributed by atoms with Crippen molar-refractivity contribution in [3.05, 3.63) is 107 Å². The van der Waals surface area contributed by atoms with Gasteiger partial charge in [0.2, 0.25) is 0 Å². The SMILES string of the molecule is COC(=O)/C=C/c1ccc(NCc2cn(-c3ccccc3)nc2-c2ccncc2)c([N+](=O)[O-])c1. The van der Waals surface area contributed by atoms with Gasteiger partial charge in [0.1, 0.15) is 5.69 Å². The van der Waals surface area contributed by atoms with Crippen LogP contribution in [0.25, 0.3) is 23.0 Å². The second kappa shape index (κ2) is 10.2. The maximum absolute atomic E-state index is 11.7. The lowest BCUT2D eigenvalue weighted by Crippen LogP contribution is -2.03. The third-order valence-electron chi connectivity index (χ3n) is 5.07. The summed E-state index contributed by atoms with van der Waals surface area (Å²) in [6, 6.07) is 18.1. The maximum Gasteiger partial charge on any atom is 0.330 e. The molecule has 0 spiro atoms. The van der Waals surface area contributed by atoms with Crippen molar-refractivity contribution >= 4 is 23.4 Å². The summed E-state index contributed by atoms with van der Waals surface area (Å²) in [6.45, 7) is 0.308. The Labute approximate surface area is 195 Å². The number of ether oxygens (including phenoxy) is 1. The topological polar surface area (TPSA) is 112 Å². The fraction of sp³-hybridized carbons (Fsp3) is 0.0800. The van der Waals surface area contributed by atoms with Gasteiger partial charge in [0.15, 0.2) is 0 Å². The van der Waals surface area contributed by atoms with Gasteiger partial charge in [0.25, 0.3) is 5.69 Å².